The van der Waals surface area contributed by atoms with E-state index in [4.69, 9.17) is 21.1 Å². The molecule has 126 valence electrons. The van der Waals surface area contributed by atoms with Crippen molar-refractivity contribution in [1.82, 2.24) is 9.80 Å². The molecule has 3 rings (SSSR count). The van der Waals surface area contributed by atoms with Crippen LogP contribution in [0.1, 0.15) is 25.5 Å². The predicted molar refractivity (Wildman–Crippen MR) is 88.7 cm³/mol. The van der Waals surface area contributed by atoms with E-state index in [1.165, 1.54) is 0 Å². The third kappa shape index (κ3) is 3.62. The minimum absolute atomic E-state index is 0.0635. The van der Waals surface area contributed by atoms with Crippen LogP contribution in [0.15, 0.2) is 24.3 Å². The number of urea groups is 1. The van der Waals surface area contributed by atoms with E-state index in [1.54, 1.807) is 0 Å². The number of rotatable bonds is 1. The first-order valence-corrected chi connectivity index (χ1v) is 8.36. The molecule has 2 amide bonds. The van der Waals surface area contributed by atoms with E-state index in [-0.39, 0.29) is 17.7 Å². The van der Waals surface area contributed by atoms with Crippen molar-refractivity contribution in [2.45, 2.75) is 25.5 Å². The Labute approximate surface area is 142 Å². The van der Waals surface area contributed by atoms with Gasteiger partial charge in [-0.05, 0) is 31.5 Å². The minimum Gasteiger partial charge on any atom is -0.378 e. The standard InChI is InChI=1S/C17H23ClN2O3/c1-17(2)12-23-15(13-4-3-5-14(18)10-13)11-20(17)16(21)19-6-8-22-9-7-19/h3-5,10,15H,6-9,11-12H2,1-2H3. The molecule has 2 aliphatic rings. The Balaban J connectivity index is 1.77. The molecule has 0 saturated carbocycles. The maximum Gasteiger partial charge on any atom is 0.320 e. The van der Waals surface area contributed by atoms with Crippen LogP contribution in [0.3, 0.4) is 0 Å². The van der Waals surface area contributed by atoms with Gasteiger partial charge in [0.25, 0.3) is 0 Å². The summed E-state index contributed by atoms with van der Waals surface area (Å²) in [6.45, 7) is 7.62. The van der Waals surface area contributed by atoms with E-state index in [0.717, 1.165) is 5.56 Å². The fourth-order valence-corrected chi connectivity index (χ4v) is 3.22. The second-order valence-corrected chi connectivity index (χ2v) is 7.10. The van der Waals surface area contributed by atoms with Crippen LogP contribution >= 0.6 is 11.6 Å². The molecule has 0 bridgehead atoms. The Bertz CT molecular complexity index is 573. The van der Waals surface area contributed by atoms with Crippen LogP contribution in [-0.2, 0) is 9.47 Å². The zero-order chi connectivity index (χ0) is 16.4. The van der Waals surface area contributed by atoms with Gasteiger partial charge in [0.1, 0.15) is 6.10 Å². The van der Waals surface area contributed by atoms with Crippen molar-refractivity contribution >= 4 is 17.6 Å². The van der Waals surface area contributed by atoms with Gasteiger partial charge in [-0.15, -0.1) is 0 Å². The van der Waals surface area contributed by atoms with Gasteiger partial charge < -0.3 is 19.3 Å². The molecule has 5 nitrogen and oxygen atoms in total. The molecule has 2 saturated heterocycles. The number of benzene rings is 1. The first kappa shape index (κ1) is 16.6. The van der Waals surface area contributed by atoms with Crippen molar-refractivity contribution in [2.75, 3.05) is 39.5 Å². The number of carbonyl (C=O) groups excluding carboxylic acids is 1. The number of carbonyl (C=O) groups is 1. The van der Waals surface area contributed by atoms with Crippen LogP contribution in [0.25, 0.3) is 0 Å². The number of amides is 2. The van der Waals surface area contributed by atoms with E-state index < -0.39 is 0 Å². The number of halogens is 1. The summed E-state index contributed by atoms with van der Waals surface area (Å²) in [5.41, 5.74) is 0.678. The van der Waals surface area contributed by atoms with E-state index in [0.29, 0.717) is 44.5 Å². The van der Waals surface area contributed by atoms with Crippen LogP contribution in [0, 0.1) is 0 Å². The molecule has 2 heterocycles. The summed E-state index contributed by atoms with van der Waals surface area (Å²) in [7, 11) is 0. The first-order valence-electron chi connectivity index (χ1n) is 7.99. The number of ether oxygens (including phenoxy) is 2. The Morgan fingerprint density at radius 2 is 2.04 bits per heavy atom. The average Bonchev–Trinajstić information content (AvgIpc) is 2.55. The van der Waals surface area contributed by atoms with Crippen molar-refractivity contribution in [3.63, 3.8) is 0 Å². The fraction of sp³-hybridized carbons (Fsp3) is 0.588. The molecule has 2 aliphatic heterocycles. The van der Waals surface area contributed by atoms with Gasteiger partial charge in [-0.2, -0.15) is 0 Å². The summed E-state index contributed by atoms with van der Waals surface area (Å²) in [6.07, 6.45) is -0.147. The molecule has 0 spiro atoms. The summed E-state index contributed by atoms with van der Waals surface area (Å²) < 4.78 is 11.3. The van der Waals surface area contributed by atoms with E-state index in [9.17, 15) is 4.79 Å². The third-order valence-electron chi connectivity index (χ3n) is 4.45. The average molecular weight is 339 g/mol. The van der Waals surface area contributed by atoms with Crippen molar-refractivity contribution in [3.8, 4) is 0 Å². The quantitative estimate of drug-likeness (QED) is 0.790. The summed E-state index contributed by atoms with van der Waals surface area (Å²) in [6, 6.07) is 7.71. The minimum atomic E-state index is -0.329. The Kier molecular flexibility index (Phi) is 4.80. The Morgan fingerprint density at radius 3 is 2.74 bits per heavy atom. The monoisotopic (exact) mass is 338 g/mol. The number of morpholine rings is 2. The zero-order valence-electron chi connectivity index (χ0n) is 13.6. The van der Waals surface area contributed by atoms with Gasteiger partial charge in [-0.3, -0.25) is 0 Å². The molecule has 0 aromatic heterocycles. The maximum absolute atomic E-state index is 12.9. The van der Waals surface area contributed by atoms with Crippen molar-refractivity contribution in [1.29, 1.82) is 0 Å². The first-order chi connectivity index (χ1) is 11.0. The molecule has 1 atom stereocenters. The number of hydrogen-bond donors (Lipinski definition) is 0. The van der Waals surface area contributed by atoms with E-state index in [1.807, 2.05) is 47.9 Å². The summed E-state index contributed by atoms with van der Waals surface area (Å²) in [5.74, 6) is 0. The second-order valence-electron chi connectivity index (χ2n) is 6.66. The lowest BCUT2D eigenvalue weighted by atomic mass is 9.98. The molecule has 2 fully saturated rings. The van der Waals surface area contributed by atoms with Crippen LogP contribution in [0.4, 0.5) is 4.79 Å². The van der Waals surface area contributed by atoms with Gasteiger partial charge in [-0.1, -0.05) is 23.7 Å². The maximum atomic E-state index is 12.9. The van der Waals surface area contributed by atoms with Gasteiger partial charge >= 0.3 is 6.03 Å². The molecule has 6 heteroatoms. The summed E-state index contributed by atoms with van der Waals surface area (Å²) >= 11 is 6.08. The topological polar surface area (TPSA) is 42.0 Å². The molecule has 1 unspecified atom stereocenters. The lowest BCUT2D eigenvalue weighted by molar-refractivity contribution is -0.0878. The molecule has 23 heavy (non-hydrogen) atoms. The zero-order valence-corrected chi connectivity index (χ0v) is 14.4. The van der Waals surface area contributed by atoms with Crippen LogP contribution in [-0.4, -0.2) is 60.8 Å². The van der Waals surface area contributed by atoms with Gasteiger partial charge in [-0.25, -0.2) is 4.79 Å². The molecule has 0 aliphatic carbocycles. The van der Waals surface area contributed by atoms with Crippen molar-refractivity contribution in [2.24, 2.45) is 0 Å². The Hall–Kier alpha value is -1.30. The molecule has 1 aromatic rings. The predicted octanol–water partition coefficient (Wildman–Crippen LogP) is 2.94. The normalized spacial score (nSPS) is 24.6. The van der Waals surface area contributed by atoms with Crippen LogP contribution < -0.4 is 0 Å². The largest absolute Gasteiger partial charge is 0.378 e. The summed E-state index contributed by atoms with van der Waals surface area (Å²) in [5, 5.41) is 0.682. The third-order valence-corrected chi connectivity index (χ3v) is 4.68. The highest BCUT2D eigenvalue weighted by Crippen LogP contribution is 2.32. The van der Waals surface area contributed by atoms with Crippen molar-refractivity contribution in [3.05, 3.63) is 34.9 Å². The highest BCUT2D eigenvalue weighted by atomic mass is 35.5. The van der Waals surface area contributed by atoms with Crippen molar-refractivity contribution < 1.29 is 14.3 Å². The van der Waals surface area contributed by atoms with Crippen LogP contribution in [0.5, 0.6) is 0 Å². The number of hydrogen-bond acceptors (Lipinski definition) is 3. The van der Waals surface area contributed by atoms with Gasteiger partial charge in [0.15, 0.2) is 0 Å². The summed E-state index contributed by atoms with van der Waals surface area (Å²) in [4.78, 5) is 16.7. The lowest BCUT2D eigenvalue weighted by Gasteiger charge is -2.47. The highest BCUT2D eigenvalue weighted by Gasteiger charge is 2.40. The molecular formula is C17H23ClN2O3. The van der Waals surface area contributed by atoms with Gasteiger partial charge in [0.2, 0.25) is 0 Å². The second kappa shape index (κ2) is 6.67. The van der Waals surface area contributed by atoms with Crippen LogP contribution in [0.2, 0.25) is 5.02 Å². The van der Waals surface area contributed by atoms with E-state index in [2.05, 4.69) is 0 Å². The Morgan fingerprint density at radius 1 is 1.30 bits per heavy atom. The smallest absolute Gasteiger partial charge is 0.320 e. The molecule has 0 N–H and O–H groups in total. The van der Waals surface area contributed by atoms with E-state index >= 15 is 0 Å². The number of nitrogens with zero attached hydrogens (tertiary/aromatic N) is 2. The molecule has 0 radical (unpaired) electrons. The fourth-order valence-electron chi connectivity index (χ4n) is 3.02. The molecular weight excluding hydrogens is 316 g/mol. The lowest BCUT2D eigenvalue weighted by Crippen LogP contribution is -2.60. The highest BCUT2D eigenvalue weighted by molar-refractivity contribution is 6.30. The molecule has 1 aromatic carbocycles. The SMILES string of the molecule is CC1(C)COC(c2cccc(Cl)c2)CN1C(=O)N1CCOCC1. The van der Waals surface area contributed by atoms with Gasteiger partial charge in [0, 0.05) is 18.1 Å². The van der Waals surface area contributed by atoms with Gasteiger partial charge in [0.05, 0.1) is 31.9 Å².